The second-order valence-electron chi connectivity index (χ2n) is 8.01. The third-order valence-electron chi connectivity index (χ3n) is 6.85. The molecule has 1 aliphatic heterocycles. The van der Waals surface area contributed by atoms with Gasteiger partial charge in [-0.15, -0.1) is 0 Å². The lowest BCUT2D eigenvalue weighted by Crippen LogP contribution is -2.55. The zero-order valence-electron chi connectivity index (χ0n) is 14.9. The van der Waals surface area contributed by atoms with E-state index in [4.69, 9.17) is 9.47 Å². The normalized spacial score (nSPS) is 36.4. The highest BCUT2D eigenvalue weighted by atomic mass is 16.6. The molecule has 4 N–H and O–H groups in total. The van der Waals surface area contributed by atoms with Crippen LogP contribution in [0.2, 0.25) is 0 Å². The van der Waals surface area contributed by atoms with Crippen LogP contribution in [-0.4, -0.2) is 51.6 Å². The van der Waals surface area contributed by atoms with Crippen molar-refractivity contribution in [3.05, 3.63) is 46.5 Å². The molecule has 1 saturated heterocycles. The van der Waals surface area contributed by atoms with Crippen LogP contribution in [0.3, 0.4) is 0 Å². The average molecular weight is 382 g/mol. The van der Waals surface area contributed by atoms with E-state index in [-0.39, 0.29) is 29.3 Å². The number of aliphatic hydroxyl groups is 2. The third-order valence-corrected chi connectivity index (χ3v) is 6.85. The summed E-state index contributed by atoms with van der Waals surface area (Å²) < 4.78 is 11.3. The molecular weight excluding hydrogens is 364 g/mol. The SMILES string of the molecule is COC1CC(=O)c2c(O)ccc3c2C1(O)C1c2c-3ccc(O)c2C(O)C2OC21. The third kappa shape index (κ3) is 1.64. The van der Waals surface area contributed by atoms with Crippen LogP contribution < -0.4 is 0 Å². The van der Waals surface area contributed by atoms with Gasteiger partial charge in [-0.25, -0.2) is 0 Å². The first-order valence-electron chi connectivity index (χ1n) is 9.24. The molecular formula is C21H18O7. The summed E-state index contributed by atoms with van der Waals surface area (Å²) in [4.78, 5) is 12.8. The highest BCUT2D eigenvalue weighted by molar-refractivity contribution is 6.05. The Labute approximate surface area is 159 Å². The number of carbonyl (C=O) groups excluding carboxylic acids is 1. The molecule has 3 aliphatic carbocycles. The molecule has 144 valence electrons. The van der Waals surface area contributed by atoms with Gasteiger partial charge in [0.1, 0.15) is 29.3 Å². The fourth-order valence-corrected chi connectivity index (χ4v) is 5.68. The number of carbonyl (C=O) groups is 1. The lowest BCUT2D eigenvalue weighted by molar-refractivity contribution is -0.124. The first-order chi connectivity index (χ1) is 13.4. The number of aliphatic hydroxyl groups excluding tert-OH is 1. The number of benzene rings is 2. The minimum atomic E-state index is -1.64. The number of methoxy groups -OCH3 is 1. The summed E-state index contributed by atoms with van der Waals surface area (Å²) in [6.45, 7) is 0. The Morgan fingerprint density at radius 1 is 1.07 bits per heavy atom. The molecule has 0 amide bonds. The number of hydrogen-bond acceptors (Lipinski definition) is 7. The molecule has 2 aromatic rings. The Morgan fingerprint density at radius 3 is 2.54 bits per heavy atom. The van der Waals surface area contributed by atoms with Gasteiger partial charge < -0.3 is 29.9 Å². The maximum absolute atomic E-state index is 12.8. The van der Waals surface area contributed by atoms with Crippen molar-refractivity contribution in [2.45, 2.75) is 42.4 Å². The van der Waals surface area contributed by atoms with E-state index in [1.54, 1.807) is 12.1 Å². The van der Waals surface area contributed by atoms with Crippen LogP contribution in [0.25, 0.3) is 11.1 Å². The largest absolute Gasteiger partial charge is 0.508 e. The summed E-state index contributed by atoms with van der Waals surface area (Å²) in [7, 11) is 1.44. The highest BCUT2D eigenvalue weighted by Crippen LogP contribution is 2.66. The number of hydrogen-bond donors (Lipinski definition) is 4. The van der Waals surface area contributed by atoms with Gasteiger partial charge in [0.25, 0.3) is 0 Å². The van der Waals surface area contributed by atoms with E-state index in [0.717, 1.165) is 0 Å². The number of fused-ring (bicyclic) bond motifs is 4. The monoisotopic (exact) mass is 382 g/mol. The topological polar surface area (TPSA) is 120 Å². The van der Waals surface area contributed by atoms with Gasteiger partial charge in [0.2, 0.25) is 0 Å². The highest BCUT2D eigenvalue weighted by Gasteiger charge is 2.67. The molecule has 6 rings (SSSR count). The van der Waals surface area contributed by atoms with Crippen molar-refractivity contribution in [1.82, 2.24) is 0 Å². The summed E-state index contributed by atoms with van der Waals surface area (Å²) in [5.41, 5.74) is 1.07. The molecule has 0 spiro atoms. The van der Waals surface area contributed by atoms with Crippen molar-refractivity contribution >= 4 is 5.78 Å². The van der Waals surface area contributed by atoms with Crippen LogP contribution in [0, 0.1) is 0 Å². The number of phenolic OH excluding ortho intramolecular Hbond substituents is 2. The van der Waals surface area contributed by atoms with Gasteiger partial charge in [-0.1, -0.05) is 12.1 Å². The standard InChI is InChI=1S/C21H18O7/c1-27-12-6-11(24)14-9(22)5-3-8-7-2-4-10(23)15-13(7)17(21(12,26)16(8)14)19-20(28-19)18(15)25/h2-5,12,17-20,22-23,25-26H,6H2,1H3. The Kier molecular flexibility index (Phi) is 2.91. The van der Waals surface area contributed by atoms with Gasteiger partial charge >= 0.3 is 0 Å². The minimum absolute atomic E-state index is 0.0582. The quantitative estimate of drug-likeness (QED) is 0.551. The van der Waals surface area contributed by atoms with Crippen molar-refractivity contribution in [2.75, 3.05) is 7.11 Å². The zero-order valence-corrected chi connectivity index (χ0v) is 14.9. The van der Waals surface area contributed by atoms with Crippen molar-refractivity contribution in [1.29, 1.82) is 0 Å². The number of Topliss-reactive ketones (excluding diaryl/α,β-unsaturated/α-hetero) is 1. The smallest absolute Gasteiger partial charge is 0.169 e. The maximum atomic E-state index is 12.8. The summed E-state index contributed by atoms with van der Waals surface area (Å²) >= 11 is 0. The molecule has 2 aromatic carbocycles. The summed E-state index contributed by atoms with van der Waals surface area (Å²) in [6.07, 6.45) is -2.94. The van der Waals surface area contributed by atoms with Crippen molar-refractivity contribution in [2.24, 2.45) is 0 Å². The van der Waals surface area contributed by atoms with E-state index in [1.807, 2.05) is 0 Å². The van der Waals surface area contributed by atoms with Gasteiger partial charge in [0, 0.05) is 30.6 Å². The average Bonchev–Trinajstić information content (AvgIpc) is 3.45. The first kappa shape index (κ1) is 16.5. The molecule has 0 radical (unpaired) electrons. The molecule has 1 fully saturated rings. The molecule has 28 heavy (non-hydrogen) atoms. The second kappa shape index (κ2) is 4.93. The van der Waals surface area contributed by atoms with E-state index in [1.165, 1.54) is 19.2 Å². The zero-order chi connectivity index (χ0) is 19.5. The number of epoxide rings is 1. The van der Waals surface area contributed by atoms with Gasteiger partial charge in [0.15, 0.2) is 5.78 Å². The Bertz CT molecular complexity index is 1080. The molecule has 0 saturated carbocycles. The molecule has 6 unspecified atom stereocenters. The van der Waals surface area contributed by atoms with E-state index in [9.17, 15) is 25.2 Å². The van der Waals surface area contributed by atoms with E-state index in [2.05, 4.69) is 0 Å². The molecule has 0 aromatic heterocycles. The van der Waals surface area contributed by atoms with Crippen molar-refractivity contribution < 1.29 is 34.7 Å². The Balaban J connectivity index is 1.79. The van der Waals surface area contributed by atoms with E-state index >= 15 is 0 Å². The number of rotatable bonds is 1. The molecule has 0 bridgehead atoms. The van der Waals surface area contributed by atoms with E-state index in [0.29, 0.717) is 27.8 Å². The van der Waals surface area contributed by atoms with Gasteiger partial charge in [-0.2, -0.15) is 0 Å². The molecule has 7 nitrogen and oxygen atoms in total. The Hall–Kier alpha value is -2.45. The van der Waals surface area contributed by atoms with Gasteiger partial charge in [0.05, 0.1) is 17.8 Å². The predicted molar refractivity (Wildman–Crippen MR) is 95.2 cm³/mol. The molecule has 6 atom stereocenters. The number of aromatic hydroxyl groups is 2. The van der Waals surface area contributed by atoms with Crippen LogP contribution in [0.15, 0.2) is 24.3 Å². The van der Waals surface area contributed by atoms with E-state index < -0.39 is 35.9 Å². The minimum Gasteiger partial charge on any atom is -0.508 e. The molecule has 1 heterocycles. The van der Waals surface area contributed by atoms with Crippen LogP contribution in [0.4, 0.5) is 0 Å². The van der Waals surface area contributed by atoms with Gasteiger partial charge in [-0.05, 0) is 28.8 Å². The summed E-state index contributed by atoms with van der Waals surface area (Å²) in [5, 5.41) is 43.7. The molecule has 4 aliphatic rings. The van der Waals surface area contributed by atoms with Crippen LogP contribution in [0.5, 0.6) is 11.5 Å². The Morgan fingerprint density at radius 2 is 1.79 bits per heavy atom. The molecule has 7 heteroatoms. The fraction of sp³-hybridized carbons (Fsp3) is 0.381. The lowest BCUT2D eigenvalue weighted by Gasteiger charge is -2.50. The van der Waals surface area contributed by atoms with Crippen molar-refractivity contribution in [3.63, 3.8) is 0 Å². The maximum Gasteiger partial charge on any atom is 0.169 e. The lowest BCUT2D eigenvalue weighted by atomic mass is 9.57. The number of phenols is 2. The number of ether oxygens (including phenoxy) is 2. The predicted octanol–water partition coefficient (Wildman–Crippen LogP) is 1.47. The van der Waals surface area contributed by atoms with Crippen LogP contribution >= 0.6 is 0 Å². The summed E-state index contributed by atoms with van der Waals surface area (Å²) in [5.74, 6) is -1.16. The van der Waals surface area contributed by atoms with Crippen LogP contribution in [0.1, 0.15) is 45.5 Å². The fourth-order valence-electron chi connectivity index (χ4n) is 5.68. The van der Waals surface area contributed by atoms with Gasteiger partial charge in [-0.3, -0.25) is 4.79 Å². The first-order valence-corrected chi connectivity index (χ1v) is 9.24. The summed E-state index contributed by atoms with van der Waals surface area (Å²) in [6, 6.07) is 6.30. The second-order valence-corrected chi connectivity index (χ2v) is 8.01. The van der Waals surface area contributed by atoms with Crippen LogP contribution in [-0.2, 0) is 15.1 Å². The van der Waals surface area contributed by atoms with Crippen molar-refractivity contribution in [3.8, 4) is 22.6 Å². The number of ketones is 1.